The summed E-state index contributed by atoms with van der Waals surface area (Å²) in [6, 6.07) is 23.1. The van der Waals surface area contributed by atoms with Crippen LogP contribution < -0.4 is 4.90 Å². The molecule has 1 aliphatic carbocycles. The minimum Gasteiger partial charge on any atom is -0.345 e. The van der Waals surface area contributed by atoms with Crippen LogP contribution >= 0.6 is 11.6 Å². The Kier molecular flexibility index (Phi) is 5.35. The molecule has 0 unspecified atom stereocenters. The van der Waals surface area contributed by atoms with Crippen LogP contribution in [0.1, 0.15) is 60.3 Å². The van der Waals surface area contributed by atoms with Crippen molar-refractivity contribution < 1.29 is 0 Å². The van der Waals surface area contributed by atoms with Crippen molar-refractivity contribution in [1.29, 1.82) is 0 Å². The van der Waals surface area contributed by atoms with Gasteiger partial charge in [0, 0.05) is 23.7 Å². The van der Waals surface area contributed by atoms with Crippen LogP contribution in [0.15, 0.2) is 72.9 Å². The van der Waals surface area contributed by atoms with E-state index in [-0.39, 0.29) is 0 Å². The summed E-state index contributed by atoms with van der Waals surface area (Å²) < 4.78 is 2.29. The van der Waals surface area contributed by atoms with Gasteiger partial charge in [0.1, 0.15) is 11.6 Å². The van der Waals surface area contributed by atoms with Gasteiger partial charge >= 0.3 is 0 Å². The lowest BCUT2D eigenvalue weighted by Gasteiger charge is -2.28. The summed E-state index contributed by atoms with van der Waals surface area (Å²) >= 11 is 6.41. The zero-order valence-corrected chi connectivity index (χ0v) is 19.2. The van der Waals surface area contributed by atoms with Crippen molar-refractivity contribution in [2.24, 2.45) is 0 Å². The Labute approximate surface area is 199 Å². The Bertz CT molecular complexity index is 1250. The average molecular weight is 456 g/mol. The van der Waals surface area contributed by atoms with Crippen LogP contribution in [0.5, 0.6) is 0 Å². The zero-order valence-electron chi connectivity index (χ0n) is 18.4. The van der Waals surface area contributed by atoms with Crippen molar-refractivity contribution in [2.45, 2.75) is 50.6 Å². The molecule has 1 aliphatic heterocycles. The van der Waals surface area contributed by atoms with E-state index in [9.17, 15) is 0 Å². The summed E-state index contributed by atoms with van der Waals surface area (Å²) in [5.74, 6) is 4.03. The molecule has 0 spiro atoms. The van der Waals surface area contributed by atoms with E-state index in [1.807, 2.05) is 30.5 Å². The molecule has 0 bridgehead atoms. The molecule has 5 nitrogen and oxygen atoms in total. The van der Waals surface area contributed by atoms with E-state index >= 15 is 0 Å². The first-order valence-corrected chi connectivity index (χ1v) is 12.1. The van der Waals surface area contributed by atoms with Gasteiger partial charge in [0.05, 0.1) is 12.2 Å². The molecular weight excluding hydrogens is 430 g/mol. The molecule has 0 saturated heterocycles. The van der Waals surface area contributed by atoms with Gasteiger partial charge in [-0.25, -0.2) is 4.98 Å². The normalized spacial score (nSPS) is 20.1. The van der Waals surface area contributed by atoms with Crippen LogP contribution in [0.3, 0.4) is 0 Å². The van der Waals surface area contributed by atoms with Gasteiger partial charge in [-0.05, 0) is 73.1 Å². The first-order valence-electron chi connectivity index (χ1n) is 11.7. The Balaban J connectivity index is 1.34. The van der Waals surface area contributed by atoms with E-state index in [0.29, 0.717) is 18.4 Å². The van der Waals surface area contributed by atoms with E-state index in [0.717, 1.165) is 47.6 Å². The summed E-state index contributed by atoms with van der Waals surface area (Å²) in [6.07, 6.45) is 6.46. The molecule has 33 heavy (non-hydrogen) atoms. The highest BCUT2D eigenvalue weighted by molar-refractivity contribution is 6.30. The molecule has 1 saturated carbocycles. The molecule has 4 aromatic rings. The largest absolute Gasteiger partial charge is 0.345 e. The Morgan fingerprint density at radius 2 is 1.58 bits per heavy atom. The van der Waals surface area contributed by atoms with Crippen LogP contribution in [-0.4, -0.2) is 19.7 Å². The van der Waals surface area contributed by atoms with Crippen molar-refractivity contribution in [2.75, 3.05) is 4.90 Å². The maximum absolute atomic E-state index is 6.41. The fourth-order valence-electron chi connectivity index (χ4n) is 5.40. The standard InChI is InChI=1S/C27H26ClN5/c28-23-13-14-24-22(16-23)17-32(25-8-4-5-15-29-25)18-26-30-31-27(33(24)26)21-11-9-20(10-12-21)19-6-2-1-3-7-19/h1-8,13-16,20-21H,9-12,17-18H2. The molecule has 0 N–H and O–H groups in total. The SMILES string of the molecule is Clc1ccc2c(c1)CN(c1ccccn1)Cc1nnc(C3CCC(c4ccccc4)CC3)n1-2. The summed E-state index contributed by atoms with van der Waals surface area (Å²) in [4.78, 5) is 6.83. The monoisotopic (exact) mass is 455 g/mol. The number of aromatic nitrogens is 4. The smallest absolute Gasteiger partial charge is 0.157 e. The maximum Gasteiger partial charge on any atom is 0.157 e. The van der Waals surface area contributed by atoms with E-state index in [1.54, 1.807) is 0 Å². The van der Waals surface area contributed by atoms with Crippen molar-refractivity contribution >= 4 is 17.4 Å². The molecule has 1 fully saturated rings. The number of hydrogen-bond acceptors (Lipinski definition) is 4. The second kappa shape index (κ2) is 8.64. The molecule has 2 aliphatic rings. The number of pyridine rings is 1. The lowest BCUT2D eigenvalue weighted by Crippen LogP contribution is -2.22. The predicted molar refractivity (Wildman–Crippen MR) is 131 cm³/mol. The number of rotatable bonds is 3. The first-order chi connectivity index (χ1) is 16.3. The summed E-state index contributed by atoms with van der Waals surface area (Å²) in [6.45, 7) is 1.39. The van der Waals surface area contributed by atoms with Crippen molar-refractivity contribution in [3.05, 3.63) is 101 Å². The fraction of sp³-hybridized carbons (Fsp3) is 0.296. The molecule has 6 heteroatoms. The zero-order chi connectivity index (χ0) is 22.2. The van der Waals surface area contributed by atoms with Gasteiger partial charge in [0.15, 0.2) is 5.82 Å². The van der Waals surface area contributed by atoms with Crippen LogP contribution in [0.25, 0.3) is 5.69 Å². The summed E-state index contributed by atoms with van der Waals surface area (Å²) in [5, 5.41) is 10.2. The minimum absolute atomic E-state index is 0.413. The second-order valence-electron chi connectivity index (χ2n) is 9.09. The lowest BCUT2D eigenvalue weighted by molar-refractivity contribution is 0.382. The molecule has 0 amide bonds. The van der Waals surface area contributed by atoms with Crippen molar-refractivity contribution in [3.8, 4) is 5.69 Å². The summed E-state index contributed by atoms with van der Waals surface area (Å²) in [5.41, 5.74) is 3.77. The molecule has 2 aromatic heterocycles. The van der Waals surface area contributed by atoms with Gasteiger partial charge in [0.2, 0.25) is 0 Å². The van der Waals surface area contributed by atoms with E-state index in [2.05, 4.69) is 62.0 Å². The fourth-order valence-corrected chi connectivity index (χ4v) is 5.60. The number of hydrogen-bond donors (Lipinski definition) is 0. The van der Waals surface area contributed by atoms with Gasteiger partial charge in [-0.15, -0.1) is 10.2 Å². The lowest BCUT2D eigenvalue weighted by atomic mass is 9.78. The topological polar surface area (TPSA) is 46.8 Å². The summed E-state index contributed by atoms with van der Waals surface area (Å²) in [7, 11) is 0. The highest BCUT2D eigenvalue weighted by atomic mass is 35.5. The molecule has 0 atom stereocenters. The van der Waals surface area contributed by atoms with Gasteiger partial charge in [0.25, 0.3) is 0 Å². The van der Waals surface area contributed by atoms with Gasteiger partial charge in [-0.1, -0.05) is 48.0 Å². The molecule has 3 heterocycles. The third-order valence-corrected chi connectivity index (χ3v) is 7.30. The second-order valence-corrected chi connectivity index (χ2v) is 9.52. The molecule has 6 rings (SSSR count). The number of nitrogens with zero attached hydrogens (tertiary/aromatic N) is 5. The predicted octanol–water partition coefficient (Wildman–Crippen LogP) is 6.28. The Morgan fingerprint density at radius 1 is 0.788 bits per heavy atom. The van der Waals surface area contributed by atoms with Crippen LogP contribution in [0.2, 0.25) is 5.02 Å². The molecular formula is C27H26ClN5. The third-order valence-electron chi connectivity index (χ3n) is 7.07. The number of halogens is 1. The molecule has 0 radical (unpaired) electrons. The highest BCUT2D eigenvalue weighted by Crippen LogP contribution is 2.41. The minimum atomic E-state index is 0.413. The van der Waals surface area contributed by atoms with E-state index < -0.39 is 0 Å². The van der Waals surface area contributed by atoms with E-state index in [4.69, 9.17) is 16.7 Å². The highest BCUT2D eigenvalue weighted by Gasteiger charge is 2.31. The maximum atomic E-state index is 6.41. The van der Waals surface area contributed by atoms with Gasteiger partial charge in [-0.3, -0.25) is 4.57 Å². The number of anilines is 1. The third kappa shape index (κ3) is 3.91. The molecule has 166 valence electrons. The van der Waals surface area contributed by atoms with E-state index in [1.165, 1.54) is 24.0 Å². The Morgan fingerprint density at radius 3 is 2.36 bits per heavy atom. The number of fused-ring (bicyclic) bond motifs is 3. The number of benzene rings is 2. The average Bonchev–Trinajstić information content (AvgIpc) is 3.21. The first kappa shape index (κ1) is 20.4. The van der Waals surface area contributed by atoms with Gasteiger partial charge in [-0.2, -0.15) is 0 Å². The van der Waals surface area contributed by atoms with Crippen molar-refractivity contribution in [1.82, 2.24) is 19.7 Å². The van der Waals surface area contributed by atoms with Crippen LogP contribution in [0, 0.1) is 0 Å². The van der Waals surface area contributed by atoms with Gasteiger partial charge < -0.3 is 4.90 Å². The van der Waals surface area contributed by atoms with Crippen molar-refractivity contribution in [3.63, 3.8) is 0 Å². The Hall–Kier alpha value is -3.18. The van der Waals surface area contributed by atoms with Crippen LogP contribution in [0.4, 0.5) is 5.82 Å². The van der Waals surface area contributed by atoms with Crippen LogP contribution in [-0.2, 0) is 13.1 Å². The molecule has 2 aromatic carbocycles. The quantitative estimate of drug-likeness (QED) is 0.365.